The molecule has 5 heterocycles. The second-order valence-corrected chi connectivity index (χ2v) is 25.5. The Morgan fingerprint density at radius 2 is 1.05 bits per heavy atom. The molecule has 16 aromatic rings. The minimum Gasteiger partial charge on any atom is -0.458 e. The summed E-state index contributed by atoms with van der Waals surface area (Å²) in [7, 11) is 0. The van der Waals surface area contributed by atoms with E-state index < -0.39 is 106 Å². The van der Waals surface area contributed by atoms with Gasteiger partial charge in [0.15, 0.2) is 0 Å². The van der Waals surface area contributed by atoms with E-state index in [1.807, 2.05) is 103 Å². The molecule has 6 nitrogen and oxygen atoms in total. The Balaban J connectivity index is 0.926. The van der Waals surface area contributed by atoms with E-state index in [4.69, 9.17) is 22.4 Å². The van der Waals surface area contributed by atoms with E-state index in [9.17, 15) is 9.60 Å². The van der Waals surface area contributed by atoms with Crippen LogP contribution >= 0.6 is 0 Å². The molecule has 1 aliphatic heterocycles. The van der Waals surface area contributed by atoms with Crippen LogP contribution in [-0.4, -0.2) is 14.1 Å². The molecule has 17 rings (SSSR count). The Kier molecular flexibility index (Phi) is 9.78. The first-order valence-electron chi connectivity index (χ1n) is 37.2. The van der Waals surface area contributed by atoms with Gasteiger partial charge in [-0.2, -0.15) is 0 Å². The van der Waals surface area contributed by atoms with Crippen LogP contribution in [0.25, 0.3) is 150 Å². The molecule has 0 radical (unpaired) electrons. The third-order valence-corrected chi connectivity index (χ3v) is 17.7. The highest BCUT2D eigenvalue weighted by molar-refractivity contribution is 6.10. The van der Waals surface area contributed by atoms with Gasteiger partial charge in [-0.05, 0) is 197 Å². The van der Waals surface area contributed by atoms with Crippen molar-refractivity contribution in [3.8, 4) is 107 Å². The molecule has 6 heteroatoms. The number of ether oxygens (including phenoxy) is 1. The molecule has 0 bridgehead atoms. The van der Waals surface area contributed by atoms with Crippen molar-refractivity contribution in [2.75, 3.05) is 0 Å². The van der Waals surface area contributed by atoms with Crippen LogP contribution in [0.15, 0.2) is 283 Å². The lowest BCUT2D eigenvalue weighted by molar-refractivity contribution is -0.572. The number of imidazole rings is 1. The molecule has 0 saturated heterocycles. The minimum atomic E-state index is -0.739. The molecule has 0 amide bonds. The van der Waals surface area contributed by atoms with Gasteiger partial charge in [-0.1, -0.05) is 211 Å². The summed E-state index contributed by atoms with van der Waals surface area (Å²) in [4.78, 5) is 4.93. The number of para-hydroxylation sites is 3. The van der Waals surface area contributed by atoms with E-state index in [0.29, 0.717) is 22.6 Å². The smallest absolute Gasteiger partial charge is 0.269 e. The van der Waals surface area contributed by atoms with Gasteiger partial charge in [0.2, 0.25) is 0 Å². The highest BCUT2D eigenvalue weighted by atomic mass is 16.5. The van der Waals surface area contributed by atoms with Gasteiger partial charge in [0.25, 0.3) is 6.33 Å². The molecule has 0 unspecified atom stereocenters. The molecule has 0 N–H and O–H groups in total. The van der Waals surface area contributed by atoms with E-state index >= 15 is 0 Å². The monoisotopic (exact) mass is 1200 g/mol. The molecule has 0 aliphatic carbocycles. The lowest BCUT2D eigenvalue weighted by Gasteiger charge is -2.26. The second kappa shape index (κ2) is 21.1. The number of fused-ring (bicyclic) bond motifs is 13. The van der Waals surface area contributed by atoms with E-state index in [1.54, 1.807) is 6.07 Å². The number of hydrogen-bond donors (Lipinski definition) is 0. The van der Waals surface area contributed by atoms with Crippen molar-refractivity contribution in [1.82, 2.24) is 14.1 Å². The van der Waals surface area contributed by atoms with Crippen molar-refractivity contribution < 1.29 is 31.5 Å². The maximum atomic E-state index is 10.2. The summed E-state index contributed by atoms with van der Waals surface area (Å²) in [6.45, 7) is 13.0. The average Bonchev–Trinajstić information content (AvgIpc) is 1.67. The summed E-state index contributed by atoms with van der Waals surface area (Å²) in [6.07, 6.45) is 5.83. The number of aromatic nitrogens is 4. The quantitative estimate of drug-likeness (QED) is 0.113. The van der Waals surface area contributed by atoms with Gasteiger partial charge in [0.1, 0.15) is 28.5 Å². The third kappa shape index (κ3) is 9.23. The molecule has 0 atom stereocenters. The molecular weight excluding hydrogens is 1120 g/mol. The number of hydrogen-bond acceptors (Lipinski definition) is 3. The van der Waals surface area contributed by atoms with Crippen molar-refractivity contribution in [2.45, 2.75) is 52.4 Å². The van der Waals surface area contributed by atoms with Crippen molar-refractivity contribution in [3.05, 3.63) is 296 Å². The number of nitrogens with zero attached hydrogens (tertiary/aromatic N) is 4. The first-order chi connectivity index (χ1) is 50.3. The molecule has 440 valence electrons. The summed E-state index contributed by atoms with van der Waals surface area (Å²) in [5.74, 6) is 1.97. The van der Waals surface area contributed by atoms with Crippen molar-refractivity contribution >= 4 is 54.8 Å². The summed E-state index contributed by atoms with van der Waals surface area (Å²) in [5, 5.41) is 4.07. The number of pyridine rings is 1. The van der Waals surface area contributed by atoms with E-state index in [2.05, 4.69) is 153 Å². The lowest BCUT2D eigenvalue weighted by atomic mass is 9.81. The SMILES string of the molecule is [2H]c1c([2H])c([2H])c(-c2c([2H])c(-c3ccc4c(c3)-c3cccc(C(C)(C)C)c3-[n+]3[c-]n(-c5cccc(Oc6ccc7c8ccccc8n(-c8cc(C(C)(C)C)ccn8)c7c6)c5)c5cc(-c6ccc7oc8ccccc8c7c6)cc(c53)-c3ccccc3-4)c([2H])c(-c3c([2H])c([2H])c([2H])c([2H])c3[2H])c2[2H])c([2H])c1[2H]. The third-order valence-electron chi connectivity index (χ3n) is 17.7. The van der Waals surface area contributed by atoms with Crippen molar-refractivity contribution in [3.63, 3.8) is 0 Å². The highest BCUT2D eigenvalue weighted by Gasteiger charge is 2.31. The maximum Gasteiger partial charge on any atom is 0.269 e. The van der Waals surface area contributed by atoms with Crippen LogP contribution in [0.3, 0.4) is 0 Å². The summed E-state index contributed by atoms with van der Waals surface area (Å²) in [6, 6.07) is 56.0. The van der Waals surface area contributed by atoms with Crippen LogP contribution in [0.5, 0.6) is 11.5 Å². The fourth-order valence-electron chi connectivity index (χ4n) is 13.3. The van der Waals surface area contributed by atoms with Gasteiger partial charge < -0.3 is 9.15 Å². The van der Waals surface area contributed by atoms with E-state index in [-0.39, 0.29) is 16.5 Å². The molecule has 0 fully saturated rings. The topological polar surface area (TPSA) is 49.0 Å². The maximum absolute atomic E-state index is 10.2. The Bertz CT molecular complexity index is 6320. The Labute approximate surface area is 553 Å². The highest BCUT2D eigenvalue weighted by Crippen LogP contribution is 2.49. The first kappa shape index (κ1) is 42.6. The van der Waals surface area contributed by atoms with Crippen LogP contribution in [0.2, 0.25) is 0 Å². The second-order valence-electron chi connectivity index (χ2n) is 25.5. The number of furan rings is 1. The van der Waals surface area contributed by atoms with Gasteiger partial charge in [0.05, 0.1) is 51.3 Å². The Morgan fingerprint density at radius 3 is 1.82 bits per heavy atom. The number of rotatable bonds is 8. The van der Waals surface area contributed by atoms with E-state index in [0.717, 1.165) is 116 Å². The molecule has 0 saturated carbocycles. The van der Waals surface area contributed by atoms with Crippen LogP contribution in [0, 0.1) is 6.33 Å². The summed E-state index contributed by atoms with van der Waals surface area (Å²) >= 11 is 0. The van der Waals surface area contributed by atoms with Crippen LogP contribution in [0.1, 0.15) is 70.5 Å². The van der Waals surface area contributed by atoms with Gasteiger partial charge in [-0.25, -0.2) is 4.98 Å². The van der Waals surface area contributed by atoms with Gasteiger partial charge >= 0.3 is 0 Å². The predicted molar refractivity (Wildman–Crippen MR) is 379 cm³/mol. The fourth-order valence-corrected chi connectivity index (χ4v) is 13.3. The van der Waals surface area contributed by atoms with Crippen molar-refractivity contribution in [2.24, 2.45) is 0 Å². The first-order valence-corrected chi connectivity index (χ1v) is 30.7. The Hall–Kier alpha value is -11.3. The normalized spacial score (nSPS) is 14.2. The standard InChI is InChI=1S/C86H64N4O2/c1-85(2,3)62-41-42-87-82(50-62)90-77-33-17-15-29-69(77)70-39-37-65(52-78(70)90)91-64-26-19-25-63(51-64)88-53-89-83-72(31-20-32-76(83)86(4,5)6)73-46-56(60-44-58(54-21-9-7-10-22-54)43-59(45-60)55-23-11-8-12-24-55)35-38-68(73)66-27-13-14-28-67(66)75-48-61(49-79(88)84(75)89)57-36-40-81-74(47-57)71-30-16-18-34-80(71)92-81/h7-52H,1-6H3/i7D,8D,9D,10D,11D,12D,21D,22D,23D,24D,43D,44D,45D. The van der Waals surface area contributed by atoms with Crippen LogP contribution in [-0.2, 0) is 10.8 Å². The average molecular weight is 1200 g/mol. The molecule has 12 aromatic carbocycles. The molecule has 92 heavy (non-hydrogen) atoms. The van der Waals surface area contributed by atoms with Gasteiger partial charge in [-0.3, -0.25) is 13.7 Å². The summed E-state index contributed by atoms with van der Waals surface area (Å²) in [5.41, 5.74) is 12.4. The predicted octanol–water partition coefficient (Wildman–Crippen LogP) is 22.5. The zero-order chi connectivity index (χ0) is 73.3. The lowest BCUT2D eigenvalue weighted by Crippen LogP contribution is -2.35. The largest absolute Gasteiger partial charge is 0.458 e. The van der Waals surface area contributed by atoms with Crippen molar-refractivity contribution in [1.29, 1.82) is 0 Å². The van der Waals surface area contributed by atoms with Gasteiger partial charge in [0, 0.05) is 33.8 Å². The van der Waals surface area contributed by atoms with Gasteiger partial charge in [-0.15, -0.1) is 0 Å². The van der Waals surface area contributed by atoms with Crippen LogP contribution < -0.4 is 9.30 Å². The molecule has 4 aromatic heterocycles. The zero-order valence-electron chi connectivity index (χ0n) is 64.2. The minimum absolute atomic E-state index is 0.118. The zero-order valence-corrected chi connectivity index (χ0v) is 51.2. The number of benzene rings is 12. The summed E-state index contributed by atoms with van der Waals surface area (Å²) < 4.78 is 139. The molecule has 0 spiro atoms. The van der Waals surface area contributed by atoms with Crippen LogP contribution in [0.4, 0.5) is 0 Å². The molecule has 1 aliphatic rings. The fraction of sp³-hybridized carbons (Fsp3) is 0.0930. The van der Waals surface area contributed by atoms with E-state index in [1.165, 1.54) is 0 Å². The Morgan fingerprint density at radius 1 is 0.435 bits per heavy atom. The molecular formula is C86H64N4O2.